The van der Waals surface area contributed by atoms with Gasteiger partial charge in [0, 0.05) is 37.6 Å². The minimum absolute atomic E-state index is 0.0302. The van der Waals surface area contributed by atoms with Crippen molar-refractivity contribution in [3.63, 3.8) is 0 Å². The van der Waals surface area contributed by atoms with E-state index in [4.69, 9.17) is 0 Å². The molecule has 2 heterocycles. The summed E-state index contributed by atoms with van der Waals surface area (Å²) in [6.45, 7) is 8.10. The first-order valence-electron chi connectivity index (χ1n) is 7.54. The van der Waals surface area contributed by atoms with Crippen LogP contribution in [-0.2, 0) is 0 Å². The molecule has 1 aromatic rings. The molecule has 112 valence electrons. The third-order valence-electron chi connectivity index (χ3n) is 4.41. The lowest BCUT2D eigenvalue weighted by Gasteiger charge is -2.35. The lowest BCUT2D eigenvalue weighted by Crippen LogP contribution is -2.43. The molecule has 0 aliphatic carbocycles. The summed E-state index contributed by atoms with van der Waals surface area (Å²) in [5, 5.41) is 3.32. The van der Waals surface area contributed by atoms with Crippen molar-refractivity contribution in [2.24, 2.45) is 5.92 Å². The van der Waals surface area contributed by atoms with Crippen LogP contribution in [0.3, 0.4) is 0 Å². The SMILES string of the molecule is CNC(C)C1CCN(c2nccn(C(C)C)c2=O)CC1. The lowest BCUT2D eigenvalue weighted by molar-refractivity contribution is 0.322. The molecule has 5 heteroatoms. The van der Waals surface area contributed by atoms with Crippen molar-refractivity contribution in [3.05, 3.63) is 22.7 Å². The molecule has 20 heavy (non-hydrogen) atoms. The Morgan fingerprint density at radius 1 is 1.30 bits per heavy atom. The average Bonchev–Trinajstić information content (AvgIpc) is 2.46. The molecule has 0 amide bonds. The van der Waals surface area contributed by atoms with Crippen LogP contribution >= 0.6 is 0 Å². The van der Waals surface area contributed by atoms with Gasteiger partial charge in [-0.2, -0.15) is 0 Å². The summed E-state index contributed by atoms with van der Waals surface area (Å²) in [5.41, 5.74) is 0.0302. The monoisotopic (exact) mass is 278 g/mol. The minimum atomic E-state index is 0.0302. The number of rotatable bonds is 4. The summed E-state index contributed by atoms with van der Waals surface area (Å²) in [6, 6.07) is 0.708. The van der Waals surface area contributed by atoms with Crippen LogP contribution in [-0.4, -0.2) is 35.7 Å². The van der Waals surface area contributed by atoms with Crippen LogP contribution in [0.4, 0.5) is 5.82 Å². The Hall–Kier alpha value is -1.36. The molecule has 1 aliphatic rings. The van der Waals surface area contributed by atoms with Crippen LogP contribution in [0.1, 0.15) is 39.7 Å². The smallest absolute Gasteiger partial charge is 0.293 e. The van der Waals surface area contributed by atoms with E-state index in [9.17, 15) is 4.79 Å². The van der Waals surface area contributed by atoms with Gasteiger partial charge in [0.15, 0.2) is 5.82 Å². The Morgan fingerprint density at radius 3 is 2.50 bits per heavy atom. The highest BCUT2D eigenvalue weighted by Gasteiger charge is 2.25. The van der Waals surface area contributed by atoms with E-state index >= 15 is 0 Å². The van der Waals surface area contributed by atoms with E-state index in [0.717, 1.165) is 25.9 Å². The summed E-state index contributed by atoms with van der Waals surface area (Å²) in [6.07, 6.45) is 5.73. The van der Waals surface area contributed by atoms with Crippen molar-refractivity contribution in [1.82, 2.24) is 14.9 Å². The number of anilines is 1. The predicted molar refractivity (Wildman–Crippen MR) is 82.3 cm³/mol. The van der Waals surface area contributed by atoms with Gasteiger partial charge in [-0.1, -0.05) is 0 Å². The fourth-order valence-corrected chi connectivity index (χ4v) is 2.88. The van der Waals surface area contributed by atoms with Gasteiger partial charge in [-0.15, -0.1) is 0 Å². The Bertz CT molecular complexity index is 489. The fourth-order valence-electron chi connectivity index (χ4n) is 2.88. The Balaban J connectivity index is 2.11. The van der Waals surface area contributed by atoms with Gasteiger partial charge in [0.2, 0.25) is 0 Å². The maximum atomic E-state index is 12.4. The fraction of sp³-hybridized carbons (Fsp3) is 0.733. The van der Waals surface area contributed by atoms with E-state index in [1.165, 1.54) is 0 Å². The van der Waals surface area contributed by atoms with Gasteiger partial charge in [0.1, 0.15) is 0 Å². The van der Waals surface area contributed by atoms with E-state index in [-0.39, 0.29) is 11.6 Å². The summed E-state index contributed by atoms with van der Waals surface area (Å²) in [4.78, 5) is 18.9. The highest BCUT2D eigenvalue weighted by atomic mass is 16.1. The second kappa shape index (κ2) is 6.39. The summed E-state index contributed by atoms with van der Waals surface area (Å²) in [7, 11) is 2.01. The third-order valence-corrected chi connectivity index (χ3v) is 4.41. The molecule has 0 bridgehead atoms. The summed E-state index contributed by atoms with van der Waals surface area (Å²) in [5.74, 6) is 1.30. The predicted octanol–water partition coefficient (Wildman–Crippen LogP) is 1.65. The van der Waals surface area contributed by atoms with Crippen LogP contribution in [0.5, 0.6) is 0 Å². The molecule has 1 atom stereocenters. The molecule has 1 saturated heterocycles. The van der Waals surface area contributed by atoms with Crippen molar-refractivity contribution < 1.29 is 0 Å². The molecular formula is C15H26N4O. The van der Waals surface area contributed by atoms with Gasteiger partial charge in [0.05, 0.1) is 0 Å². The maximum absolute atomic E-state index is 12.4. The Kier molecular flexibility index (Phi) is 4.81. The third kappa shape index (κ3) is 3.03. The first-order valence-corrected chi connectivity index (χ1v) is 7.54. The molecule has 2 rings (SSSR count). The number of piperidine rings is 1. The van der Waals surface area contributed by atoms with Crippen LogP contribution < -0.4 is 15.8 Å². The van der Waals surface area contributed by atoms with Crippen LogP contribution in [0.25, 0.3) is 0 Å². The molecule has 1 aliphatic heterocycles. The van der Waals surface area contributed by atoms with Gasteiger partial charge in [0.25, 0.3) is 5.56 Å². The zero-order valence-corrected chi connectivity index (χ0v) is 13.0. The average molecular weight is 278 g/mol. The van der Waals surface area contributed by atoms with Crippen LogP contribution in [0.15, 0.2) is 17.2 Å². The number of nitrogens with zero attached hydrogens (tertiary/aromatic N) is 3. The van der Waals surface area contributed by atoms with Crippen molar-refractivity contribution in [2.75, 3.05) is 25.0 Å². The second-order valence-corrected chi connectivity index (χ2v) is 5.96. The van der Waals surface area contributed by atoms with E-state index in [1.807, 2.05) is 20.9 Å². The van der Waals surface area contributed by atoms with Crippen molar-refractivity contribution in [3.8, 4) is 0 Å². The van der Waals surface area contributed by atoms with Gasteiger partial charge < -0.3 is 14.8 Å². The molecule has 1 unspecified atom stereocenters. The number of aromatic nitrogens is 2. The quantitative estimate of drug-likeness (QED) is 0.910. The van der Waals surface area contributed by atoms with Gasteiger partial charge in [-0.3, -0.25) is 4.79 Å². The molecule has 0 spiro atoms. The number of hydrogen-bond acceptors (Lipinski definition) is 4. The van der Waals surface area contributed by atoms with Gasteiger partial charge in [-0.05, 0) is 46.6 Å². The largest absolute Gasteiger partial charge is 0.352 e. The summed E-state index contributed by atoms with van der Waals surface area (Å²) >= 11 is 0. The van der Waals surface area contributed by atoms with E-state index in [2.05, 4.69) is 22.1 Å². The highest BCUT2D eigenvalue weighted by Crippen LogP contribution is 2.22. The summed E-state index contributed by atoms with van der Waals surface area (Å²) < 4.78 is 1.75. The molecule has 5 nitrogen and oxygen atoms in total. The molecule has 0 aromatic carbocycles. The zero-order chi connectivity index (χ0) is 14.7. The molecular weight excluding hydrogens is 252 g/mol. The molecule has 0 radical (unpaired) electrons. The molecule has 0 saturated carbocycles. The second-order valence-electron chi connectivity index (χ2n) is 5.96. The Morgan fingerprint density at radius 2 is 1.95 bits per heavy atom. The van der Waals surface area contributed by atoms with Crippen LogP contribution in [0.2, 0.25) is 0 Å². The first kappa shape index (κ1) is 15.0. The maximum Gasteiger partial charge on any atom is 0.293 e. The number of hydrogen-bond donors (Lipinski definition) is 1. The first-order chi connectivity index (χ1) is 9.54. The number of nitrogens with one attached hydrogen (secondary N) is 1. The van der Waals surface area contributed by atoms with Crippen molar-refractivity contribution in [2.45, 2.75) is 45.7 Å². The van der Waals surface area contributed by atoms with E-state index in [1.54, 1.807) is 17.0 Å². The Labute approximate surface area is 121 Å². The molecule has 1 fully saturated rings. The van der Waals surface area contributed by atoms with E-state index in [0.29, 0.717) is 17.8 Å². The molecule has 1 N–H and O–H groups in total. The van der Waals surface area contributed by atoms with Gasteiger partial charge >= 0.3 is 0 Å². The zero-order valence-electron chi connectivity index (χ0n) is 13.0. The normalized spacial score (nSPS) is 18.6. The van der Waals surface area contributed by atoms with Crippen molar-refractivity contribution in [1.29, 1.82) is 0 Å². The topological polar surface area (TPSA) is 50.2 Å². The van der Waals surface area contributed by atoms with Crippen molar-refractivity contribution >= 4 is 5.82 Å². The lowest BCUT2D eigenvalue weighted by atomic mass is 9.90. The van der Waals surface area contributed by atoms with Gasteiger partial charge in [-0.25, -0.2) is 4.98 Å². The van der Waals surface area contributed by atoms with Crippen LogP contribution in [0, 0.1) is 5.92 Å². The molecule has 1 aromatic heterocycles. The standard InChI is InChI=1S/C15H26N4O/c1-11(2)19-10-7-17-14(15(19)20)18-8-5-13(6-9-18)12(3)16-4/h7,10-13,16H,5-6,8-9H2,1-4H3. The minimum Gasteiger partial charge on any atom is -0.352 e. The van der Waals surface area contributed by atoms with E-state index < -0.39 is 0 Å². The highest BCUT2D eigenvalue weighted by molar-refractivity contribution is 5.36.